The number of alkyl halides is 6. The molecule has 0 aromatic heterocycles. The van der Waals surface area contributed by atoms with E-state index in [-0.39, 0.29) is 6.07 Å². The van der Waals surface area contributed by atoms with Crippen molar-refractivity contribution >= 4 is 10.4 Å². The Hall–Kier alpha value is -1.33. The molecule has 1 aromatic carbocycles. The smallest absolute Gasteiger partial charge is 0.264 e. The van der Waals surface area contributed by atoms with Crippen LogP contribution >= 0.6 is 0 Å². The van der Waals surface area contributed by atoms with E-state index in [4.69, 9.17) is 4.55 Å². The second-order valence-electron chi connectivity index (χ2n) is 4.01. The minimum atomic E-state index is -5.06. The summed E-state index contributed by atoms with van der Waals surface area (Å²) in [6, 6.07) is 0.514. The normalized spacial score (nSPS) is 15.0. The van der Waals surface area contributed by atoms with Crippen LogP contribution in [0, 0.1) is 0 Å². The Morgan fingerprint density at radius 1 is 1.00 bits per heavy atom. The average molecular weight is 338 g/mol. The van der Waals surface area contributed by atoms with Crippen molar-refractivity contribution in [2.45, 2.75) is 25.4 Å². The molecule has 0 radical (unpaired) electrons. The molecule has 0 amide bonds. The van der Waals surface area contributed by atoms with Crippen molar-refractivity contribution in [3.05, 3.63) is 34.9 Å². The molecular formula is C10H8F6O4S. The standard InChI is InChI=1S/C10H8F6O4S/c1-5(20-21(17,18)19)6-2-7(9(11,12)13)4-8(3-6)10(14,15)16/h2-5H,1H3,(H,17,18,19)/t5-/m1/s1. The number of rotatable bonds is 3. The summed E-state index contributed by atoms with van der Waals surface area (Å²) in [6.07, 6.45) is -11.9. The predicted molar refractivity (Wildman–Crippen MR) is 57.5 cm³/mol. The van der Waals surface area contributed by atoms with E-state index in [1.54, 1.807) is 0 Å². The largest absolute Gasteiger partial charge is 0.416 e. The van der Waals surface area contributed by atoms with Gasteiger partial charge in [-0.1, -0.05) is 0 Å². The Morgan fingerprint density at radius 3 is 1.67 bits per heavy atom. The molecule has 0 fully saturated rings. The van der Waals surface area contributed by atoms with Gasteiger partial charge < -0.3 is 0 Å². The molecule has 0 aliphatic heterocycles. The number of hydrogen-bond acceptors (Lipinski definition) is 3. The Balaban J connectivity index is 3.39. The molecule has 0 bridgehead atoms. The van der Waals surface area contributed by atoms with Crippen LogP contribution in [-0.2, 0) is 26.9 Å². The van der Waals surface area contributed by atoms with E-state index < -0.39 is 45.5 Å². The Labute approximate surface area is 115 Å². The van der Waals surface area contributed by atoms with Crippen LogP contribution in [-0.4, -0.2) is 13.0 Å². The zero-order valence-electron chi connectivity index (χ0n) is 10.2. The highest BCUT2D eigenvalue weighted by molar-refractivity contribution is 7.80. The molecule has 1 aromatic rings. The molecule has 1 N–H and O–H groups in total. The summed E-state index contributed by atoms with van der Waals surface area (Å²) < 4.78 is 109. The molecule has 0 saturated heterocycles. The molecule has 21 heavy (non-hydrogen) atoms. The SMILES string of the molecule is C[C@@H](OS(=O)(=O)O)c1cc(C(F)(F)F)cc(C(F)(F)F)c1. The van der Waals surface area contributed by atoms with Crippen LogP contribution in [0.2, 0.25) is 0 Å². The number of halogens is 6. The van der Waals surface area contributed by atoms with Crippen LogP contribution in [0.15, 0.2) is 18.2 Å². The molecule has 0 aliphatic carbocycles. The first kappa shape index (κ1) is 17.7. The molecule has 11 heteroatoms. The summed E-state index contributed by atoms with van der Waals surface area (Å²) in [6.45, 7) is 0.878. The van der Waals surface area contributed by atoms with Crippen molar-refractivity contribution in [1.82, 2.24) is 0 Å². The topological polar surface area (TPSA) is 63.6 Å². The first-order valence-electron chi connectivity index (χ1n) is 5.15. The van der Waals surface area contributed by atoms with Gasteiger partial charge in [0.25, 0.3) is 0 Å². The van der Waals surface area contributed by atoms with Gasteiger partial charge in [-0.2, -0.15) is 34.8 Å². The molecule has 0 spiro atoms. The lowest BCUT2D eigenvalue weighted by molar-refractivity contribution is -0.143. The van der Waals surface area contributed by atoms with Gasteiger partial charge in [-0.15, -0.1) is 0 Å². The lowest BCUT2D eigenvalue weighted by Gasteiger charge is -2.17. The molecule has 0 unspecified atom stereocenters. The van der Waals surface area contributed by atoms with E-state index in [1.165, 1.54) is 0 Å². The third-order valence-corrected chi connectivity index (χ3v) is 2.88. The summed E-state index contributed by atoms with van der Waals surface area (Å²) >= 11 is 0. The van der Waals surface area contributed by atoms with E-state index in [0.717, 1.165) is 6.92 Å². The van der Waals surface area contributed by atoms with E-state index in [9.17, 15) is 34.8 Å². The molecular weight excluding hydrogens is 330 g/mol. The van der Waals surface area contributed by atoms with Gasteiger partial charge in [-0.25, -0.2) is 4.18 Å². The van der Waals surface area contributed by atoms with Gasteiger partial charge in [0.05, 0.1) is 11.1 Å². The maximum Gasteiger partial charge on any atom is 0.416 e. The van der Waals surface area contributed by atoms with E-state index in [1.807, 2.05) is 0 Å². The molecule has 1 rings (SSSR count). The van der Waals surface area contributed by atoms with Crippen molar-refractivity contribution in [1.29, 1.82) is 0 Å². The quantitative estimate of drug-likeness (QED) is 0.676. The van der Waals surface area contributed by atoms with E-state index >= 15 is 0 Å². The molecule has 0 saturated carbocycles. The van der Waals surface area contributed by atoms with Gasteiger partial charge in [0.1, 0.15) is 6.10 Å². The van der Waals surface area contributed by atoms with E-state index in [2.05, 4.69) is 4.18 Å². The lowest BCUT2D eigenvalue weighted by Crippen LogP contribution is -2.14. The van der Waals surface area contributed by atoms with Crippen molar-refractivity contribution in [3.8, 4) is 0 Å². The highest BCUT2D eigenvalue weighted by atomic mass is 32.3. The maximum absolute atomic E-state index is 12.6. The lowest BCUT2D eigenvalue weighted by atomic mass is 10.0. The second kappa shape index (κ2) is 5.46. The minimum absolute atomic E-state index is 0.107. The van der Waals surface area contributed by atoms with Crippen molar-refractivity contribution in [3.63, 3.8) is 0 Å². The van der Waals surface area contributed by atoms with Crippen LogP contribution in [0.4, 0.5) is 26.3 Å². The van der Waals surface area contributed by atoms with Crippen molar-refractivity contribution < 1.29 is 43.5 Å². The van der Waals surface area contributed by atoms with Crippen molar-refractivity contribution in [2.75, 3.05) is 0 Å². The monoisotopic (exact) mass is 338 g/mol. The molecule has 4 nitrogen and oxygen atoms in total. The fraction of sp³-hybridized carbons (Fsp3) is 0.400. The zero-order valence-corrected chi connectivity index (χ0v) is 11.0. The number of benzene rings is 1. The Bertz CT molecular complexity index is 587. The van der Waals surface area contributed by atoms with Crippen LogP contribution in [0.1, 0.15) is 29.7 Å². The summed E-state index contributed by atoms with van der Waals surface area (Å²) in [5.41, 5.74) is -3.92. The number of hydrogen-bond donors (Lipinski definition) is 1. The van der Waals surface area contributed by atoms with Crippen LogP contribution in [0.5, 0.6) is 0 Å². The van der Waals surface area contributed by atoms with Crippen LogP contribution < -0.4 is 0 Å². The maximum atomic E-state index is 12.6. The fourth-order valence-electron chi connectivity index (χ4n) is 1.45. The third kappa shape index (κ3) is 5.17. The van der Waals surface area contributed by atoms with Gasteiger partial charge >= 0.3 is 22.8 Å². The first-order chi connectivity index (χ1) is 9.20. The highest BCUT2D eigenvalue weighted by Crippen LogP contribution is 2.37. The van der Waals surface area contributed by atoms with Crippen LogP contribution in [0.25, 0.3) is 0 Å². The Kier molecular flexibility index (Phi) is 4.61. The van der Waals surface area contributed by atoms with Gasteiger partial charge in [-0.05, 0) is 30.7 Å². The Morgan fingerprint density at radius 2 is 1.38 bits per heavy atom. The zero-order chi connectivity index (χ0) is 16.6. The molecule has 1 atom stereocenters. The minimum Gasteiger partial charge on any atom is -0.264 e. The summed E-state index contributed by atoms with van der Waals surface area (Å²) in [5, 5.41) is 0. The molecule has 120 valence electrons. The highest BCUT2D eigenvalue weighted by Gasteiger charge is 2.37. The summed E-state index contributed by atoms with van der Waals surface area (Å²) in [7, 11) is -5.03. The van der Waals surface area contributed by atoms with Gasteiger partial charge in [0, 0.05) is 0 Å². The third-order valence-electron chi connectivity index (χ3n) is 2.35. The predicted octanol–water partition coefficient (Wildman–Crippen LogP) is 3.60. The second-order valence-corrected chi connectivity index (χ2v) is 5.05. The van der Waals surface area contributed by atoms with E-state index in [0.29, 0.717) is 12.1 Å². The molecule has 0 aliphatic rings. The van der Waals surface area contributed by atoms with Gasteiger partial charge in [0.2, 0.25) is 0 Å². The molecule has 0 heterocycles. The fourth-order valence-corrected chi connectivity index (χ4v) is 1.93. The summed E-state index contributed by atoms with van der Waals surface area (Å²) in [5.74, 6) is 0. The van der Waals surface area contributed by atoms with Crippen molar-refractivity contribution in [2.24, 2.45) is 0 Å². The van der Waals surface area contributed by atoms with Crippen LogP contribution in [0.3, 0.4) is 0 Å². The summed E-state index contributed by atoms with van der Waals surface area (Å²) in [4.78, 5) is 0. The average Bonchev–Trinajstić information content (AvgIpc) is 2.23. The van der Waals surface area contributed by atoms with Gasteiger partial charge in [-0.3, -0.25) is 4.55 Å². The van der Waals surface area contributed by atoms with Gasteiger partial charge in [0.15, 0.2) is 0 Å². The first-order valence-corrected chi connectivity index (χ1v) is 6.52.